The molecule has 0 aromatic heterocycles. The van der Waals surface area contributed by atoms with Crippen LogP contribution in [-0.4, -0.2) is 37.0 Å². The molecule has 1 heterocycles. The zero-order valence-corrected chi connectivity index (χ0v) is 12.4. The number of carbonyl (C=O) groups excluding carboxylic acids is 1. The molecule has 1 amide bonds. The van der Waals surface area contributed by atoms with Crippen molar-refractivity contribution in [3.63, 3.8) is 0 Å². The van der Waals surface area contributed by atoms with Crippen molar-refractivity contribution in [2.24, 2.45) is 0 Å². The van der Waals surface area contributed by atoms with Crippen molar-refractivity contribution in [3.8, 4) is 0 Å². The van der Waals surface area contributed by atoms with Crippen LogP contribution in [0.2, 0.25) is 0 Å². The van der Waals surface area contributed by atoms with Crippen LogP contribution in [0.5, 0.6) is 0 Å². The van der Waals surface area contributed by atoms with Crippen molar-refractivity contribution < 1.29 is 13.6 Å². The Morgan fingerprint density at radius 1 is 1.38 bits per heavy atom. The Morgan fingerprint density at radius 3 is 2.95 bits per heavy atom. The molecule has 0 bridgehead atoms. The Labute approximate surface area is 124 Å². The van der Waals surface area contributed by atoms with Crippen LogP contribution in [-0.2, 0) is 11.2 Å². The third-order valence-electron chi connectivity index (χ3n) is 4.05. The zero-order valence-electron chi connectivity index (χ0n) is 12.4. The van der Waals surface area contributed by atoms with Gasteiger partial charge in [0, 0.05) is 18.2 Å². The van der Waals surface area contributed by atoms with Crippen LogP contribution >= 0.6 is 0 Å². The van der Waals surface area contributed by atoms with Gasteiger partial charge in [0.25, 0.3) is 0 Å². The van der Waals surface area contributed by atoms with Gasteiger partial charge in [0.1, 0.15) is 0 Å². The second-order valence-corrected chi connectivity index (χ2v) is 5.52. The molecule has 5 heteroatoms. The highest BCUT2D eigenvalue weighted by Crippen LogP contribution is 2.21. The van der Waals surface area contributed by atoms with Crippen molar-refractivity contribution in [2.75, 3.05) is 20.1 Å². The van der Waals surface area contributed by atoms with Crippen LogP contribution in [0.25, 0.3) is 0 Å². The van der Waals surface area contributed by atoms with E-state index in [1.165, 1.54) is 12.1 Å². The summed E-state index contributed by atoms with van der Waals surface area (Å²) in [4.78, 5) is 14.3. The Bertz CT molecular complexity index is 493. The van der Waals surface area contributed by atoms with Gasteiger partial charge in [-0.15, -0.1) is 0 Å². The number of likely N-dealkylation sites (tertiary alicyclic amines) is 1. The average molecular weight is 296 g/mol. The van der Waals surface area contributed by atoms with E-state index in [0.717, 1.165) is 38.3 Å². The third kappa shape index (κ3) is 4.00. The van der Waals surface area contributed by atoms with E-state index in [2.05, 4.69) is 5.32 Å². The molecule has 1 aliphatic rings. The number of hydrogen-bond donors (Lipinski definition) is 1. The average Bonchev–Trinajstić information content (AvgIpc) is 2.50. The number of amides is 1. The minimum atomic E-state index is -0.908. The molecule has 3 nitrogen and oxygen atoms in total. The Morgan fingerprint density at radius 2 is 2.19 bits per heavy atom. The van der Waals surface area contributed by atoms with E-state index in [4.69, 9.17) is 0 Å². The lowest BCUT2D eigenvalue weighted by molar-refractivity contribution is -0.134. The molecule has 1 aromatic rings. The van der Waals surface area contributed by atoms with Crippen LogP contribution in [0, 0.1) is 11.6 Å². The van der Waals surface area contributed by atoms with E-state index >= 15 is 0 Å². The van der Waals surface area contributed by atoms with Crippen molar-refractivity contribution in [1.29, 1.82) is 0 Å². The number of halogens is 2. The molecule has 0 aliphatic carbocycles. The highest BCUT2D eigenvalue weighted by Gasteiger charge is 2.26. The molecule has 21 heavy (non-hydrogen) atoms. The molecular formula is C16H22F2N2O. The smallest absolute Gasteiger partial charge is 0.227 e. The summed E-state index contributed by atoms with van der Waals surface area (Å²) in [6.07, 6.45) is 3.91. The summed E-state index contributed by atoms with van der Waals surface area (Å²) in [6, 6.07) is 4.19. The second-order valence-electron chi connectivity index (χ2n) is 5.52. The number of benzene rings is 1. The maximum atomic E-state index is 13.7. The summed E-state index contributed by atoms with van der Waals surface area (Å²) in [6.45, 7) is 1.56. The third-order valence-corrected chi connectivity index (χ3v) is 4.05. The SMILES string of the molecule is CNCCC1CCCCN1C(=O)Cc1cccc(F)c1F. The monoisotopic (exact) mass is 296 g/mol. The summed E-state index contributed by atoms with van der Waals surface area (Å²) in [5.41, 5.74) is 0.137. The number of nitrogens with zero attached hydrogens (tertiary/aromatic N) is 1. The number of piperidine rings is 1. The topological polar surface area (TPSA) is 32.3 Å². The minimum Gasteiger partial charge on any atom is -0.339 e. The van der Waals surface area contributed by atoms with Gasteiger partial charge in [-0.05, 0) is 45.3 Å². The molecule has 1 unspecified atom stereocenters. The lowest BCUT2D eigenvalue weighted by Gasteiger charge is -2.36. The Kier molecular flexibility index (Phi) is 5.67. The fourth-order valence-electron chi connectivity index (χ4n) is 2.89. The second kappa shape index (κ2) is 7.50. The summed E-state index contributed by atoms with van der Waals surface area (Å²) in [7, 11) is 1.89. The van der Waals surface area contributed by atoms with Gasteiger partial charge >= 0.3 is 0 Å². The van der Waals surface area contributed by atoms with Crippen molar-refractivity contribution in [1.82, 2.24) is 10.2 Å². The van der Waals surface area contributed by atoms with Crippen molar-refractivity contribution in [2.45, 2.75) is 38.1 Å². The van der Waals surface area contributed by atoms with Crippen molar-refractivity contribution in [3.05, 3.63) is 35.4 Å². The first-order chi connectivity index (χ1) is 10.1. The number of carbonyl (C=O) groups is 1. The lowest BCUT2D eigenvalue weighted by atomic mass is 9.98. The van der Waals surface area contributed by atoms with Crippen LogP contribution in [0.1, 0.15) is 31.2 Å². The van der Waals surface area contributed by atoms with Crippen molar-refractivity contribution >= 4 is 5.91 Å². The van der Waals surface area contributed by atoms with Gasteiger partial charge in [0.2, 0.25) is 5.91 Å². The molecule has 0 spiro atoms. The molecular weight excluding hydrogens is 274 g/mol. The number of hydrogen-bond acceptors (Lipinski definition) is 2. The fourth-order valence-corrected chi connectivity index (χ4v) is 2.89. The molecule has 1 aliphatic heterocycles. The van der Waals surface area contributed by atoms with Crippen LogP contribution in [0.4, 0.5) is 8.78 Å². The van der Waals surface area contributed by atoms with Crippen LogP contribution in [0.15, 0.2) is 18.2 Å². The summed E-state index contributed by atoms with van der Waals surface area (Å²) < 4.78 is 26.9. The molecule has 0 radical (unpaired) electrons. The minimum absolute atomic E-state index is 0.0698. The fraction of sp³-hybridized carbons (Fsp3) is 0.562. The van der Waals surface area contributed by atoms with Gasteiger partial charge in [-0.2, -0.15) is 0 Å². The van der Waals surface area contributed by atoms with Crippen LogP contribution < -0.4 is 5.32 Å². The molecule has 0 saturated carbocycles. The van der Waals surface area contributed by atoms with E-state index in [9.17, 15) is 13.6 Å². The summed E-state index contributed by atoms with van der Waals surface area (Å²) in [5.74, 6) is -1.92. The molecule has 1 N–H and O–H groups in total. The zero-order chi connectivity index (χ0) is 15.2. The van der Waals surface area contributed by atoms with E-state index in [1.807, 2.05) is 11.9 Å². The molecule has 116 valence electrons. The van der Waals surface area contributed by atoms with Gasteiger partial charge < -0.3 is 10.2 Å². The molecule has 2 rings (SSSR count). The summed E-state index contributed by atoms with van der Waals surface area (Å²) >= 11 is 0. The molecule has 1 atom stereocenters. The first kappa shape index (κ1) is 15.9. The van der Waals surface area contributed by atoms with E-state index < -0.39 is 11.6 Å². The predicted molar refractivity (Wildman–Crippen MR) is 78.0 cm³/mol. The predicted octanol–water partition coefficient (Wildman–Crippen LogP) is 2.50. The summed E-state index contributed by atoms with van der Waals surface area (Å²) in [5, 5.41) is 3.09. The highest BCUT2D eigenvalue weighted by molar-refractivity contribution is 5.79. The Hall–Kier alpha value is -1.49. The van der Waals surface area contributed by atoms with E-state index in [0.29, 0.717) is 6.54 Å². The molecule has 1 saturated heterocycles. The lowest BCUT2D eigenvalue weighted by Crippen LogP contribution is -2.45. The van der Waals surface area contributed by atoms with Gasteiger partial charge in [0.15, 0.2) is 11.6 Å². The maximum absolute atomic E-state index is 13.7. The van der Waals surface area contributed by atoms with Gasteiger partial charge in [0.05, 0.1) is 6.42 Å². The number of rotatable bonds is 5. The highest BCUT2D eigenvalue weighted by atomic mass is 19.2. The number of nitrogens with one attached hydrogen (secondary N) is 1. The maximum Gasteiger partial charge on any atom is 0.227 e. The molecule has 1 fully saturated rings. The largest absolute Gasteiger partial charge is 0.339 e. The van der Waals surface area contributed by atoms with E-state index in [1.54, 1.807) is 0 Å². The first-order valence-electron chi connectivity index (χ1n) is 7.50. The van der Waals surface area contributed by atoms with Gasteiger partial charge in [-0.3, -0.25) is 4.79 Å². The normalized spacial score (nSPS) is 18.8. The first-order valence-corrected chi connectivity index (χ1v) is 7.50. The van der Waals surface area contributed by atoms with Gasteiger partial charge in [-0.25, -0.2) is 8.78 Å². The quantitative estimate of drug-likeness (QED) is 0.905. The van der Waals surface area contributed by atoms with Gasteiger partial charge in [-0.1, -0.05) is 12.1 Å². The van der Waals surface area contributed by atoms with Crippen LogP contribution in [0.3, 0.4) is 0 Å². The standard InChI is InChI=1S/C16H22F2N2O/c1-19-9-8-13-6-2-3-10-20(13)15(21)11-12-5-4-7-14(17)16(12)18/h4-5,7,13,19H,2-3,6,8-11H2,1H3. The Balaban J connectivity index is 2.05. The molecule has 1 aromatic carbocycles. The van der Waals surface area contributed by atoms with E-state index in [-0.39, 0.29) is 23.9 Å².